The van der Waals surface area contributed by atoms with Crippen LogP contribution in [0, 0.1) is 0 Å². The summed E-state index contributed by atoms with van der Waals surface area (Å²) in [7, 11) is -3.50. The van der Waals surface area contributed by atoms with Crippen molar-refractivity contribution in [2.24, 2.45) is 0 Å². The van der Waals surface area contributed by atoms with Crippen molar-refractivity contribution in [3.63, 3.8) is 0 Å². The molecule has 1 aromatic carbocycles. The van der Waals surface area contributed by atoms with Gasteiger partial charge in [0.15, 0.2) is 0 Å². The summed E-state index contributed by atoms with van der Waals surface area (Å²) in [5.74, 6) is 0.816. The van der Waals surface area contributed by atoms with E-state index in [9.17, 15) is 13.2 Å². The van der Waals surface area contributed by atoms with E-state index in [4.69, 9.17) is 4.74 Å². The third-order valence-electron chi connectivity index (χ3n) is 4.74. The van der Waals surface area contributed by atoms with Crippen molar-refractivity contribution in [1.82, 2.24) is 19.2 Å². The standard InChI is InChI=1S/C18H28N4O4S/c1-14(2)20-27(24,25)22-11-9-21(10-12-22)18(23)19-16-7-5-13-26-17-8-4-3-6-15(16)17/h3-4,6,8,14,16,20H,5,7,9-13H2,1-2H3,(H,19,23). The zero-order valence-electron chi connectivity index (χ0n) is 15.8. The number of hydrogen-bond donors (Lipinski definition) is 2. The molecule has 2 aliphatic rings. The number of piperazine rings is 1. The Morgan fingerprint density at radius 2 is 1.89 bits per heavy atom. The number of amides is 2. The minimum atomic E-state index is -3.50. The molecule has 2 amide bonds. The smallest absolute Gasteiger partial charge is 0.317 e. The number of fused-ring (bicyclic) bond motifs is 1. The molecule has 2 N–H and O–H groups in total. The second-order valence-corrected chi connectivity index (χ2v) is 8.90. The Balaban J connectivity index is 1.59. The summed E-state index contributed by atoms with van der Waals surface area (Å²) in [4.78, 5) is 14.4. The molecule has 8 nitrogen and oxygen atoms in total. The number of ether oxygens (including phenoxy) is 1. The lowest BCUT2D eigenvalue weighted by Crippen LogP contribution is -2.56. The van der Waals surface area contributed by atoms with Crippen molar-refractivity contribution >= 4 is 16.2 Å². The molecular weight excluding hydrogens is 368 g/mol. The van der Waals surface area contributed by atoms with Gasteiger partial charge in [0.2, 0.25) is 0 Å². The maximum absolute atomic E-state index is 12.7. The molecule has 1 aromatic rings. The molecule has 1 atom stereocenters. The number of urea groups is 1. The number of para-hydroxylation sites is 1. The van der Waals surface area contributed by atoms with Gasteiger partial charge in [0, 0.05) is 37.8 Å². The summed E-state index contributed by atoms with van der Waals surface area (Å²) in [6.45, 7) is 5.54. The minimum Gasteiger partial charge on any atom is -0.493 e. The maximum Gasteiger partial charge on any atom is 0.317 e. The van der Waals surface area contributed by atoms with Crippen molar-refractivity contribution in [2.45, 2.75) is 38.8 Å². The molecule has 0 aliphatic carbocycles. The van der Waals surface area contributed by atoms with Crippen LogP contribution in [-0.4, -0.2) is 62.5 Å². The molecule has 150 valence electrons. The van der Waals surface area contributed by atoms with E-state index < -0.39 is 10.2 Å². The normalized spacial score (nSPS) is 21.3. The van der Waals surface area contributed by atoms with Gasteiger partial charge in [-0.3, -0.25) is 0 Å². The van der Waals surface area contributed by atoms with Crippen LogP contribution < -0.4 is 14.8 Å². The molecule has 2 aliphatic heterocycles. The van der Waals surface area contributed by atoms with Crippen LogP contribution in [0.15, 0.2) is 24.3 Å². The first kappa shape index (κ1) is 19.9. The second kappa shape index (κ2) is 8.45. The van der Waals surface area contributed by atoms with Crippen molar-refractivity contribution in [3.8, 4) is 5.75 Å². The van der Waals surface area contributed by atoms with E-state index in [0.717, 1.165) is 24.2 Å². The maximum atomic E-state index is 12.7. The first-order valence-electron chi connectivity index (χ1n) is 9.41. The third-order valence-corrected chi connectivity index (χ3v) is 6.55. The summed E-state index contributed by atoms with van der Waals surface area (Å²) in [6.07, 6.45) is 1.68. The highest BCUT2D eigenvalue weighted by atomic mass is 32.2. The molecule has 1 unspecified atom stereocenters. The highest BCUT2D eigenvalue weighted by Gasteiger charge is 2.30. The van der Waals surface area contributed by atoms with E-state index in [-0.39, 0.29) is 18.1 Å². The largest absolute Gasteiger partial charge is 0.493 e. The Bertz CT molecular complexity index is 760. The predicted octanol–water partition coefficient (Wildman–Crippen LogP) is 1.47. The van der Waals surface area contributed by atoms with Crippen LogP contribution in [-0.2, 0) is 10.2 Å². The van der Waals surface area contributed by atoms with E-state index in [1.807, 2.05) is 24.3 Å². The Labute approximate surface area is 161 Å². The Morgan fingerprint density at radius 1 is 1.19 bits per heavy atom. The van der Waals surface area contributed by atoms with Crippen LogP contribution in [0.25, 0.3) is 0 Å². The van der Waals surface area contributed by atoms with Gasteiger partial charge in [0.05, 0.1) is 12.6 Å². The van der Waals surface area contributed by atoms with Crippen LogP contribution in [0.5, 0.6) is 5.75 Å². The quantitative estimate of drug-likeness (QED) is 0.806. The number of hydrogen-bond acceptors (Lipinski definition) is 4. The van der Waals surface area contributed by atoms with Gasteiger partial charge in [-0.25, -0.2) is 4.79 Å². The van der Waals surface area contributed by atoms with Crippen LogP contribution in [0.4, 0.5) is 4.79 Å². The Hall–Kier alpha value is -1.84. The number of benzene rings is 1. The Morgan fingerprint density at radius 3 is 2.59 bits per heavy atom. The fourth-order valence-electron chi connectivity index (χ4n) is 3.42. The summed E-state index contributed by atoms with van der Waals surface area (Å²) in [5.41, 5.74) is 0.991. The summed E-state index contributed by atoms with van der Waals surface area (Å²) < 4.78 is 34.2. The lowest BCUT2D eigenvalue weighted by atomic mass is 10.0. The summed E-state index contributed by atoms with van der Waals surface area (Å²) in [6, 6.07) is 7.35. The molecule has 0 bridgehead atoms. The molecule has 27 heavy (non-hydrogen) atoms. The number of nitrogens with zero attached hydrogens (tertiary/aromatic N) is 2. The molecule has 0 saturated carbocycles. The van der Waals surface area contributed by atoms with E-state index in [0.29, 0.717) is 32.8 Å². The monoisotopic (exact) mass is 396 g/mol. The fraction of sp³-hybridized carbons (Fsp3) is 0.611. The van der Waals surface area contributed by atoms with Gasteiger partial charge < -0.3 is 15.0 Å². The SMILES string of the molecule is CC(C)NS(=O)(=O)N1CCN(C(=O)NC2CCCOc3ccccc32)CC1. The molecule has 0 aromatic heterocycles. The lowest BCUT2D eigenvalue weighted by molar-refractivity contribution is 0.168. The highest BCUT2D eigenvalue weighted by molar-refractivity contribution is 7.87. The first-order valence-corrected chi connectivity index (χ1v) is 10.9. The van der Waals surface area contributed by atoms with Crippen LogP contribution >= 0.6 is 0 Å². The van der Waals surface area contributed by atoms with Crippen molar-refractivity contribution in [1.29, 1.82) is 0 Å². The molecule has 2 heterocycles. The van der Waals surface area contributed by atoms with Crippen LogP contribution in [0.2, 0.25) is 0 Å². The summed E-state index contributed by atoms with van der Waals surface area (Å²) >= 11 is 0. The minimum absolute atomic E-state index is 0.0967. The zero-order valence-corrected chi connectivity index (χ0v) is 16.7. The molecule has 3 rings (SSSR count). The number of rotatable bonds is 4. The Kier molecular flexibility index (Phi) is 6.23. The van der Waals surface area contributed by atoms with Crippen molar-refractivity contribution in [2.75, 3.05) is 32.8 Å². The molecule has 1 saturated heterocycles. The summed E-state index contributed by atoms with van der Waals surface area (Å²) in [5, 5.41) is 3.09. The first-order chi connectivity index (χ1) is 12.9. The molecule has 0 radical (unpaired) electrons. The zero-order chi connectivity index (χ0) is 19.4. The van der Waals surface area contributed by atoms with Gasteiger partial charge >= 0.3 is 6.03 Å². The van der Waals surface area contributed by atoms with Gasteiger partial charge in [-0.1, -0.05) is 18.2 Å². The van der Waals surface area contributed by atoms with E-state index in [1.54, 1.807) is 18.7 Å². The van der Waals surface area contributed by atoms with Crippen molar-refractivity contribution < 1.29 is 17.9 Å². The van der Waals surface area contributed by atoms with Gasteiger partial charge in [-0.2, -0.15) is 17.4 Å². The number of carbonyl (C=O) groups is 1. The highest BCUT2D eigenvalue weighted by Crippen LogP contribution is 2.31. The molecule has 9 heteroatoms. The molecule has 1 fully saturated rings. The van der Waals surface area contributed by atoms with Gasteiger partial charge in [0.1, 0.15) is 5.75 Å². The third kappa shape index (κ3) is 4.91. The molecule has 0 spiro atoms. The van der Waals surface area contributed by atoms with Crippen LogP contribution in [0.1, 0.15) is 38.3 Å². The van der Waals surface area contributed by atoms with Crippen LogP contribution in [0.3, 0.4) is 0 Å². The van der Waals surface area contributed by atoms with Gasteiger partial charge in [0.25, 0.3) is 10.2 Å². The lowest BCUT2D eigenvalue weighted by Gasteiger charge is -2.35. The van der Waals surface area contributed by atoms with E-state index >= 15 is 0 Å². The van der Waals surface area contributed by atoms with Crippen molar-refractivity contribution in [3.05, 3.63) is 29.8 Å². The van der Waals surface area contributed by atoms with E-state index in [1.165, 1.54) is 4.31 Å². The number of nitrogens with one attached hydrogen (secondary N) is 2. The molecular formula is C18H28N4O4S. The average molecular weight is 397 g/mol. The topological polar surface area (TPSA) is 91.0 Å². The fourth-order valence-corrected chi connectivity index (χ4v) is 4.81. The van der Waals surface area contributed by atoms with E-state index in [2.05, 4.69) is 10.0 Å². The predicted molar refractivity (Wildman–Crippen MR) is 103 cm³/mol. The second-order valence-electron chi connectivity index (χ2n) is 7.19. The average Bonchev–Trinajstić information content (AvgIpc) is 2.83. The van der Waals surface area contributed by atoms with Gasteiger partial charge in [-0.15, -0.1) is 0 Å². The van der Waals surface area contributed by atoms with Gasteiger partial charge in [-0.05, 0) is 32.8 Å². The number of carbonyl (C=O) groups excluding carboxylic acids is 1.